The van der Waals surface area contributed by atoms with E-state index >= 15 is 0 Å². The molecule has 2 aromatic heterocycles. The SMILES string of the molecule is CCCCCCCCCCCCOc1cc2c3cc(OCCCCCCCCCCCC)c(OCCCCCCCCCCCC)cc3c3c4cc5sc6c7cc(OCCCCCCCCCCCC)c(OCCCCCCCCCCCC)cc7c7cc(OCCCCCCCCCCCC)c(OCCCCCCCCCCCC)cc7c6c5cc4sc3c2cc1OCCCCCCCCCCCC. The quantitative estimate of drug-likeness (QED) is 0.0276. The molecular weight excluding hydrogens is 1750 g/mol. The number of fused-ring (bicyclic) bond motifs is 16. The second-order valence-electron chi connectivity index (χ2n) is 43.1. The predicted octanol–water partition coefficient (Wildman–Crippen LogP) is 45.4. The molecule has 0 radical (unpaired) electrons. The second-order valence-corrected chi connectivity index (χ2v) is 45.2. The first kappa shape index (κ1) is 118. The van der Waals surface area contributed by atoms with Gasteiger partial charge in [0.15, 0.2) is 46.0 Å². The van der Waals surface area contributed by atoms with Crippen LogP contribution in [0.5, 0.6) is 46.0 Å². The Morgan fingerprint density at radius 1 is 0.129 bits per heavy atom. The fourth-order valence-electron chi connectivity index (χ4n) is 21.6. The predicted molar refractivity (Wildman–Crippen MR) is 621 cm³/mol. The van der Waals surface area contributed by atoms with Gasteiger partial charge in [-0.2, -0.15) is 0 Å². The highest BCUT2D eigenvalue weighted by Crippen LogP contribution is 2.55. The van der Waals surface area contributed by atoms with Crippen LogP contribution in [0.3, 0.4) is 0 Å². The molecule has 0 bridgehead atoms. The molecule has 9 aromatic rings. The zero-order valence-corrected chi connectivity index (χ0v) is 93.7. The molecule has 10 heteroatoms. The van der Waals surface area contributed by atoms with Gasteiger partial charge in [-0.1, -0.05) is 518 Å². The smallest absolute Gasteiger partial charge is 0.161 e. The van der Waals surface area contributed by atoms with Crippen LogP contribution >= 0.6 is 22.7 Å². The summed E-state index contributed by atoms with van der Waals surface area (Å²) in [6.07, 6.45) is 103. The number of benzene rings is 7. The summed E-state index contributed by atoms with van der Waals surface area (Å²) in [4.78, 5) is 0. The number of hydrogen-bond donors (Lipinski definition) is 0. The van der Waals surface area contributed by atoms with Gasteiger partial charge in [0, 0.05) is 51.1 Å². The molecule has 0 N–H and O–H groups in total. The van der Waals surface area contributed by atoms with Crippen LogP contribution in [0.2, 0.25) is 0 Å². The highest BCUT2D eigenvalue weighted by Gasteiger charge is 2.26. The van der Waals surface area contributed by atoms with Crippen molar-refractivity contribution in [1.82, 2.24) is 0 Å². The average Bonchev–Trinajstić information content (AvgIpc) is 1.54. The lowest BCUT2D eigenvalue weighted by Crippen LogP contribution is -2.04. The van der Waals surface area contributed by atoms with E-state index in [1.54, 1.807) is 0 Å². The van der Waals surface area contributed by atoms with Gasteiger partial charge in [0.1, 0.15) is 0 Å². The van der Waals surface area contributed by atoms with Crippen LogP contribution in [0, 0.1) is 0 Å². The molecule has 9 rings (SSSR count). The maximum atomic E-state index is 7.26. The van der Waals surface area contributed by atoms with Crippen molar-refractivity contribution in [2.24, 2.45) is 0 Å². The molecule has 0 saturated carbocycles. The van der Waals surface area contributed by atoms with E-state index in [1.807, 2.05) is 22.7 Å². The maximum Gasteiger partial charge on any atom is 0.161 e. The number of rotatable bonds is 96. The summed E-state index contributed by atoms with van der Waals surface area (Å²) in [7, 11) is 0. The Morgan fingerprint density at radius 3 is 0.400 bits per heavy atom. The van der Waals surface area contributed by atoms with Gasteiger partial charge in [0.25, 0.3) is 0 Å². The van der Waals surface area contributed by atoms with Gasteiger partial charge >= 0.3 is 0 Å². The van der Waals surface area contributed by atoms with Gasteiger partial charge in [-0.15, -0.1) is 22.7 Å². The van der Waals surface area contributed by atoms with E-state index in [-0.39, 0.29) is 0 Å². The van der Waals surface area contributed by atoms with Crippen molar-refractivity contribution in [2.45, 2.75) is 569 Å². The molecule has 0 saturated heterocycles. The molecule has 0 spiro atoms. The third-order valence-electron chi connectivity index (χ3n) is 30.5. The van der Waals surface area contributed by atoms with Gasteiger partial charge in [0.2, 0.25) is 0 Å². The first-order valence-corrected chi connectivity index (χ1v) is 62.8. The Morgan fingerprint density at radius 2 is 0.250 bits per heavy atom. The van der Waals surface area contributed by atoms with Crippen LogP contribution in [0.15, 0.2) is 60.7 Å². The molecule has 0 aliphatic carbocycles. The Labute approximate surface area is 866 Å². The van der Waals surface area contributed by atoms with E-state index in [9.17, 15) is 0 Å². The van der Waals surface area contributed by atoms with Gasteiger partial charge < -0.3 is 37.9 Å². The van der Waals surface area contributed by atoms with Crippen molar-refractivity contribution in [3.05, 3.63) is 60.7 Å². The molecular formula is C130H210O8S2. The van der Waals surface area contributed by atoms with Crippen LogP contribution in [0.4, 0.5) is 0 Å². The van der Waals surface area contributed by atoms with Gasteiger partial charge in [-0.3, -0.25) is 0 Å². The zero-order valence-electron chi connectivity index (χ0n) is 92.1. The Hall–Kier alpha value is -5.58. The van der Waals surface area contributed by atoms with Crippen molar-refractivity contribution in [3.63, 3.8) is 0 Å². The van der Waals surface area contributed by atoms with E-state index in [1.165, 1.54) is 546 Å². The molecule has 140 heavy (non-hydrogen) atoms. The molecule has 0 aliphatic rings. The van der Waals surface area contributed by atoms with Crippen LogP contribution in [0.1, 0.15) is 569 Å². The van der Waals surface area contributed by atoms with E-state index in [0.29, 0.717) is 52.9 Å². The highest BCUT2D eigenvalue weighted by molar-refractivity contribution is 7.28. The van der Waals surface area contributed by atoms with Gasteiger partial charge in [-0.05, 0) is 144 Å². The van der Waals surface area contributed by atoms with Crippen molar-refractivity contribution in [3.8, 4) is 46.0 Å². The molecule has 0 aliphatic heterocycles. The van der Waals surface area contributed by atoms with Crippen molar-refractivity contribution in [2.75, 3.05) is 52.9 Å². The number of ether oxygens (including phenoxy) is 8. The molecule has 7 aromatic carbocycles. The Balaban J connectivity index is 1.22. The van der Waals surface area contributed by atoms with E-state index in [4.69, 9.17) is 37.9 Å². The molecule has 2 heterocycles. The van der Waals surface area contributed by atoms with Crippen LogP contribution in [-0.4, -0.2) is 52.9 Å². The monoisotopic (exact) mass is 1960 g/mol. The summed E-state index contributed by atoms with van der Waals surface area (Å²) < 4.78 is 62.9. The first-order chi connectivity index (χ1) is 69.4. The summed E-state index contributed by atoms with van der Waals surface area (Å²) >= 11 is 3.93. The largest absolute Gasteiger partial charge is 0.490 e. The highest BCUT2D eigenvalue weighted by atomic mass is 32.1. The Kier molecular flexibility index (Phi) is 64.8. The minimum absolute atomic E-state index is 0.664. The zero-order chi connectivity index (χ0) is 98.2. The standard InChI is InChI=1S/C130H210O8S2/c1-9-17-25-33-41-49-57-65-73-81-89-131-117-97-107-109-99-119(133-91-83-75-67-59-51-43-35-27-19-11-3)123(137-95-87-79-71-63-55-47-39-31-23-15-7)103-113(109)129-127(111(107)101-121(117)135-93-85-77-69-61-53-45-37-29-21-13-5)115-105-126-116(106-125(115)139-129)128-112-102-122(136-94-86-78-70-62-54-46-38-30-22-14-6)118(132-90-82-74-66-58-50-42-34-26-18-10-2)98-108(112)110-100-120(134-92-84-76-68-60-52-44-36-28-20-12-4)124(104-114(110)130(128)140-126)138-96-88-80-72-64-56-48-40-32-24-16-8/h97-106H,9-96H2,1-8H3. The number of unbranched alkanes of at least 4 members (excludes halogenated alkanes) is 72. The molecule has 0 fully saturated rings. The lowest BCUT2D eigenvalue weighted by molar-refractivity contribution is 0.258. The lowest BCUT2D eigenvalue weighted by atomic mass is 9.94. The van der Waals surface area contributed by atoms with Crippen LogP contribution in [-0.2, 0) is 0 Å². The van der Waals surface area contributed by atoms with Crippen molar-refractivity contribution >= 4 is 106 Å². The molecule has 0 atom stereocenters. The molecule has 8 nitrogen and oxygen atoms in total. The minimum atomic E-state index is 0.664. The van der Waals surface area contributed by atoms with Crippen molar-refractivity contribution < 1.29 is 37.9 Å². The summed E-state index contributed by atoms with van der Waals surface area (Å²) in [5.74, 6) is 6.92. The molecule has 790 valence electrons. The normalized spacial score (nSPS) is 11.9. The van der Waals surface area contributed by atoms with E-state index < -0.39 is 0 Å². The molecule has 0 unspecified atom stereocenters. The third-order valence-corrected chi connectivity index (χ3v) is 32.9. The summed E-state index contributed by atoms with van der Waals surface area (Å²) in [5, 5.41) is 14.7. The lowest BCUT2D eigenvalue weighted by Gasteiger charge is -2.18. The Bertz CT molecular complexity index is 4330. The fourth-order valence-corrected chi connectivity index (χ4v) is 24.1. The average molecular weight is 1970 g/mol. The van der Waals surface area contributed by atoms with E-state index in [0.717, 1.165) is 97.4 Å². The minimum Gasteiger partial charge on any atom is -0.490 e. The van der Waals surface area contributed by atoms with Gasteiger partial charge in [0.05, 0.1) is 52.9 Å². The molecule has 0 amide bonds. The maximum absolute atomic E-state index is 7.26. The summed E-state index contributed by atoms with van der Waals surface area (Å²) in [6, 6.07) is 24.4. The first-order valence-electron chi connectivity index (χ1n) is 61.2. The second kappa shape index (κ2) is 76.9. The number of thiophene rings is 2. The summed E-state index contributed by atoms with van der Waals surface area (Å²) in [6.45, 7) is 23.9. The topological polar surface area (TPSA) is 73.8 Å². The fraction of sp³-hybridized carbons (Fsp3) is 0.738. The third kappa shape index (κ3) is 44.6. The summed E-state index contributed by atoms with van der Waals surface area (Å²) in [5.41, 5.74) is 0. The van der Waals surface area contributed by atoms with E-state index in [2.05, 4.69) is 116 Å². The number of hydrogen-bond acceptors (Lipinski definition) is 10. The van der Waals surface area contributed by atoms with Crippen LogP contribution < -0.4 is 37.9 Å². The van der Waals surface area contributed by atoms with Crippen molar-refractivity contribution in [1.29, 1.82) is 0 Å². The van der Waals surface area contributed by atoms with Gasteiger partial charge in [-0.25, -0.2) is 0 Å². The van der Waals surface area contributed by atoms with Crippen LogP contribution in [0.25, 0.3) is 83.4 Å².